The normalized spacial score (nSPS) is 22.5. The molecule has 2 rings (SSSR count). The highest BCUT2D eigenvalue weighted by Gasteiger charge is 2.24. The number of hydrogen-bond acceptors (Lipinski definition) is 5. The van der Waals surface area contributed by atoms with E-state index in [2.05, 4.69) is 0 Å². The van der Waals surface area contributed by atoms with Gasteiger partial charge in [0.1, 0.15) is 11.5 Å². The first-order valence-electron chi connectivity index (χ1n) is 6.68. The molecule has 1 aliphatic heterocycles. The number of carbonyl (C=O) groups is 1. The van der Waals surface area contributed by atoms with Gasteiger partial charge in [-0.3, -0.25) is 4.79 Å². The highest BCUT2D eigenvalue weighted by Crippen LogP contribution is 2.18. The lowest BCUT2D eigenvalue weighted by molar-refractivity contribution is -0.334. The summed E-state index contributed by atoms with van der Waals surface area (Å²) in [5.74, 6) is 0.922. The molecule has 1 aromatic rings. The van der Waals surface area contributed by atoms with Gasteiger partial charge in [0.25, 0.3) is 6.48 Å². The Balaban J connectivity index is 1.79. The lowest BCUT2D eigenvalue weighted by Crippen LogP contribution is -2.35. The number of methoxy groups -OCH3 is 1. The Kier molecular flexibility index (Phi) is 5.52. The van der Waals surface area contributed by atoms with Crippen LogP contribution in [0.25, 0.3) is 0 Å². The van der Waals surface area contributed by atoms with Crippen molar-refractivity contribution < 1.29 is 23.7 Å². The lowest BCUT2D eigenvalue weighted by Gasteiger charge is -2.29. The molecular formula is C15H20O5. The summed E-state index contributed by atoms with van der Waals surface area (Å²) in [6.07, 6.45) is 1.02. The lowest BCUT2D eigenvalue weighted by atomic mass is 10.1. The smallest absolute Gasteiger partial charge is 0.272 e. The molecule has 5 heteroatoms. The van der Waals surface area contributed by atoms with Gasteiger partial charge < -0.3 is 18.9 Å². The van der Waals surface area contributed by atoms with Crippen molar-refractivity contribution in [3.63, 3.8) is 0 Å². The first kappa shape index (κ1) is 15.0. The van der Waals surface area contributed by atoms with Crippen molar-refractivity contribution in [2.45, 2.75) is 39.0 Å². The molecule has 0 amide bonds. The number of ether oxygens (including phenoxy) is 4. The molecule has 1 aromatic carbocycles. The first-order valence-corrected chi connectivity index (χ1v) is 6.68. The summed E-state index contributed by atoms with van der Waals surface area (Å²) in [5.41, 5.74) is 1.01. The number of ketones is 1. The van der Waals surface area contributed by atoms with E-state index < -0.39 is 6.48 Å². The van der Waals surface area contributed by atoms with Crippen LogP contribution in [-0.2, 0) is 25.6 Å². The van der Waals surface area contributed by atoms with E-state index in [0.29, 0.717) is 19.6 Å². The second kappa shape index (κ2) is 7.38. The standard InChI is InChI=1S/C15H20O5/c1-11(16)9-14-7-8-18-15(20-14)19-10-12-3-5-13(17-2)6-4-12/h3-6,14-15H,7-10H2,1-2H3/t14-,15+/m0/s1. The van der Waals surface area contributed by atoms with E-state index in [1.54, 1.807) is 14.0 Å². The molecule has 0 spiro atoms. The summed E-state index contributed by atoms with van der Waals surface area (Å²) < 4.78 is 21.6. The summed E-state index contributed by atoms with van der Waals surface area (Å²) in [6, 6.07) is 7.60. The molecule has 1 saturated heterocycles. The van der Waals surface area contributed by atoms with Crippen molar-refractivity contribution in [1.29, 1.82) is 0 Å². The molecule has 0 aliphatic carbocycles. The van der Waals surface area contributed by atoms with Crippen LogP contribution in [-0.4, -0.2) is 32.1 Å². The van der Waals surface area contributed by atoms with Crippen LogP contribution in [0.1, 0.15) is 25.3 Å². The summed E-state index contributed by atoms with van der Waals surface area (Å²) in [4.78, 5) is 11.1. The molecule has 0 aromatic heterocycles. The van der Waals surface area contributed by atoms with Gasteiger partial charge in [-0.15, -0.1) is 0 Å². The fourth-order valence-corrected chi connectivity index (χ4v) is 2.00. The average molecular weight is 280 g/mol. The van der Waals surface area contributed by atoms with Gasteiger partial charge in [0.15, 0.2) is 0 Å². The van der Waals surface area contributed by atoms with E-state index in [9.17, 15) is 4.79 Å². The van der Waals surface area contributed by atoms with E-state index in [1.807, 2.05) is 24.3 Å². The van der Waals surface area contributed by atoms with Crippen LogP contribution in [0.2, 0.25) is 0 Å². The fraction of sp³-hybridized carbons (Fsp3) is 0.533. The predicted octanol–water partition coefficient (Wildman–Crippen LogP) is 2.28. The molecular weight excluding hydrogens is 260 g/mol. The minimum absolute atomic E-state index is 0.109. The van der Waals surface area contributed by atoms with Gasteiger partial charge in [0, 0.05) is 6.42 Å². The molecule has 1 heterocycles. The molecule has 0 bridgehead atoms. The van der Waals surface area contributed by atoms with Crippen LogP contribution in [0.15, 0.2) is 24.3 Å². The Morgan fingerprint density at radius 3 is 2.75 bits per heavy atom. The molecule has 0 unspecified atom stereocenters. The summed E-state index contributed by atoms with van der Waals surface area (Å²) in [7, 11) is 1.63. The van der Waals surface area contributed by atoms with E-state index >= 15 is 0 Å². The number of benzene rings is 1. The Bertz CT molecular complexity index is 428. The van der Waals surface area contributed by atoms with Crippen LogP contribution in [0.5, 0.6) is 5.75 Å². The Labute approximate surface area is 118 Å². The maximum Gasteiger partial charge on any atom is 0.272 e. The quantitative estimate of drug-likeness (QED) is 0.800. The zero-order valence-corrected chi connectivity index (χ0v) is 11.8. The number of rotatable bonds is 6. The third-order valence-electron chi connectivity index (χ3n) is 3.06. The minimum atomic E-state index is -0.699. The molecule has 2 atom stereocenters. The first-order chi connectivity index (χ1) is 9.67. The van der Waals surface area contributed by atoms with Crippen molar-refractivity contribution in [2.75, 3.05) is 13.7 Å². The van der Waals surface area contributed by atoms with Crippen molar-refractivity contribution >= 4 is 5.78 Å². The summed E-state index contributed by atoms with van der Waals surface area (Å²) in [5, 5.41) is 0. The van der Waals surface area contributed by atoms with Crippen molar-refractivity contribution in [3.8, 4) is 5.75 Å². The third kappa shape index (κ3) is 4.59. The molecule has 0 N–H and O–H groups in total. The second-order valence-corrected chi connectivity index (χ2v) is 4.77. The largest absolute Gasteiger partial charge is 0.497 e. The van der Waals surface area contributed by atoms with Crippen molar-refractivity contribution in [1.82, 2.24) is 0 Å². The zero-order valence-electron chi connectivity index (χ0n) is 11.8. The molecule has 5 nitrogen and oxygen atoms in total. The van der Waals surface area contributed by atoms with Crippen LogP contribution >= 0.6 is 0 Å². The monoisotopic (exact) mass is 280 g/mol. The van der Waals surface area contributed by atoms with Gasteiger partial charge in [-0.05, 0) is 31.0 Å². The van der Waals surface area contributed by atoms with Crippen molar-refractivity contribution in [2.24, 2.45) is 0 Å². The van der Waals surface area contributed by atoms with Gasteiger partial charge in [-0.1, -0.05) is 12.1 Å². The van der Waals surface area contributed by atoms with Crippen LogP contribution in [0, 0.1) is 0 Å². The highest BCUT2D eigenvalue weighted by atomic mass is 16.8. The number of carbonyl (C=O) groups excluding carboxylic acids is 1. The van der Waals surface area contributed by atoms with Crippen LogP contribution < -0.4 is 4.74 Å². The minimum Gasteiger partial charge on any atom is -0.497 e. The van der Waals surface area contributed by atoms with Crippen molar-refractivity contribution in [3.05, 3.63) is 29.8 Å². The molecule has 110 valence electrons. The van der Waals surface area contributed by atoms with Crippen LogP contribution in [0.4, 0.5) is 0 Å². The third-order valence-corrected chi connectivity index (χ3v) is 3.06. The maximum absolute atomic E-state index is 11.1. The maximum atomic E-state index is 11.1. The van der Waals surface area contributed by atoms with Gasteiger partial charge in [0.05, 0.1) is 26.4 Å². The SMILES string of the molecule is COc1ccc(CO[C@H]2OCC[C@@H](CC(C)=O)O2)cc1. The van der Waals surface area contributed by atoms with E-state index in [4.69, 9.17) is 18.9 Å². The number of hydrogen-bond donors (Lipinski definition) is 0. The van der Waals surface area contributed by atoms with Gasteiger partial charge >= 0.3 is 0 Å². The van der Waals surface area contributed by atoms with E-state index in [-0.39, 0.29) is 11.9 Å². The summed E-state index contributed by atoms with van der Waals surface area (Å²) in [6.45, 7) is 1.80. The van der Waals surface area contributed by atoms with Gasteiger partial charge in [0.2, 0.25) is 0 Å². The average Bonchev–Trinajstić information content (AvgIpc) is 2.45. The zero-order chi connectivity index (χ0) is 14.4. The predicted molar refractivity (Wildman–Crippen MR) is 72.3 cm³/mol. The highest BCUT2D eigenvalue weighted by molar-refractivity contribution is 5.75. The second-order valence-electron chi connectivity index (χ2n) is 4.77. The molecule has 1 fully saturated rings. The van der Waals surface area contributed by atoms with E-state index in [0.717, 1.165) is 17.7 Å². The molecule has 1 aliphatic rings. The molecule has 0 saturated carbocycles. The summed E-state index contributed by atoms with van der Waals surface area (Å²) >= 11 is 0. The Morgan fingerprint density at radius 1 is 1.35 bits per heavy atom. The molecule has 20 heavy (non-hydrogen) atoms. The number of Topliss-reactive ketones (excluding diaryl/α,β-unsaturated/α-hetero) is 1. The van der Waals surface area contributed by atoms with Crippen LogP contribution in [0.3, 0.4) is 0 Å². The Hall–Kier alpha value is -1.43. The fourth-order valence-electron chi connectivity index (χ4n) is 2.00. The Morgan fingerprint density at radius 2 is 2.10 bits per heavy atom. The topological polar surface area (TPSA) is 54.0 Å². The molecule has 0 radical (unpaired) electrons. The van der Waals surface area contributed by atoms with Gasteiger partial charge in [-0.25, -0.2) is 0 Å². The van der Waals surface area contributed by atoms with E-state index in [1.165, 1.54) is 0 Å². The van der Waals surface area contributed by atoms with Gasteiger partial charge in [-0.2, -0.15) is 0 Å².